The van der Waals surface area contributed by atoms with Gasteiger partial charge in [-0.05, 0) is 29.8 Å². The molecule has 0 atom stereocenters. The van der Waals surface area contributed by atoms with Crippen LogP contribution in [0.5, 0.6) is 5.75 Å². The van der Waals surface area contributed by atoms with Crippen LogP contribution in [0.2, 0.25) is 0 Å². The number of hydrogen-bond acceptors (Lipinski definition) is 3. The Kier molecular flexibility index (Phi) is 5.98. The van der Waals surface area contributed by atoms with Crippen molar-refractivity contribution in [2.75, 3.05) is 5.32 Å². The van der Waals surface area contributed by atoms with Crippen LogP contribution >= 0.6 is 50.7 Å². The van der Waals surface area contributed by atoms with E-state index in [4.69, 9.17) is 34.8 Å². The smallest absolute Gasteiger partial charge is 0.252 e. The zero-order valence-electron chi connectivity index (χ0n) is 11.6. The zero-order chi connectivity index (χ0) is 17.0. The third-order valence-corrected chi connectivity index (χ3v) is 3.97. The molecule has 0 saturated heterocycles. The second-order valence-electron chi connectivity index (χ2n) is 4.57. The summed E-state index contributed by atoms with van der Waals surface area (Å²) in [5, 5.41) is 12.9. The Labute approximate surface area is 157 Å². The number of allylic oxidation sites excluding steroid dienone is 1. The third kappa shape index (κ3) is 5.15. The van der Waals surface area contributed by atoms with Crippen molar-refractivity contribution in [1.29, 1.82) is 0 Å². The van der Waals surface area contributed by atoms with Crippen molar-refractivity contribution in [2.24, 2.45) is 0 Å². The van der Waals surface area contributed by atoms with Gasteiger partial charge in [-0.15, -0.1) is 0 Å². The number of nitrogens with one attached hydrogen (secondary N) is 1. The summed E-state index contributed by atoms with van der Waals surface area (Å²) >= 11 is 20.2. The minimum absolute atomic E-state index is 0.0387. The minimum Gasteiger partial charge on any atom is -0.506 e. The predicted molar refractivity (Wildman–Crippen MR) is 99.1 cm³/mol. The van der Waals surface area contributed by atoms with Gasteiger partial charge in [0.05, 0.1) is 5.69 Å². The first-order valence-electron chi connectivity index (χ1n) is 6.41. The summed E-state index contributed by atoms with van der Waals surface area (Å²) in [5.41, 5.74) is 1.52. The van der Waals surface area contributed by atoms with Gasteiger partial charge >= 0.3 is 0 Å². The standard InChI is InChI=1S/C16H11BrCl3NO2/c17-11-7-5-10(6-8-11)13(9-15(23)16(18,19)20)21-12-3-1-2-4-14(12)22/h1-9,21-22H/b13-9+. The molecule has 120 valence electrons. The maximum Gasteiger partial charge on any atom is 0.252 e. The van der Waals surface area contributed by atoms with Gasteiger partial charge in [0.25, 0.3) is 3.79 Å². The van der Waals surface area contributed by atoms with E-state index in [1.54, 1.807) is 30.3 Å². The number of aromatic hydroxyl groups is 1. The highest BCUT2D eigenvalue weighted by atomic mass is 79.9. The Morgan fingerprint density at radius 1 is 1.09 bits per heavy atom. The lowest BCUT2D eigenvalue weighted by molar-refractivity contribution is -0.113. The van der Waals surface area contributed by atoms with E-state index in [1.807, 2.05) is 12.1 Å². The van der Waals surface area contributed by atoms with Crippen molar-refractivity contribution in [3.63, 3.8) is 0 Å². The van der Waals surface area contributed by atoms with Gasteiger partial charge in [-0.2, -0.15) is 0 Å². The molecule has 0 aliphatic carbocycles. The second-order valence-corrected chi connectivity index (χ2v) is 7.77. The molecule has 7 heteroatoms. The zero-order valence-corrected chi connectivity index (χ0v) is 15.4. The van der Waals surface area contributed by atoms with E-state index in [0.717, 1.165) is 4.47 Å². The quantitative estimate of drug-likeness (QED) is 0.376. The molecule has 0 amide bonds. The number of benzene rings is 2. The Morgan fingerprint density at radius 3 is 2.26 bits per heavy atom. The average Bonchev–Trinajstić information content (AvgIpc) is 2.48. The summed E-state index contributed by atoms with van der Waals surface area (Å²) in [7, 11) is 0. The van der Waals surface area contributed by atoms with E-state index in [2.05, 4.69) is 21.2 Å². The number of alkyl halides is 3. The van der Waals surface area contributed by atoms with Crippen molar-refractivity contribution in [3.05, 3.63) is 64.6 Å². The largest absolute Gasteiger partial charge is 0.506 e. The first-order valence-corrected chi connectivity index (χ1v) is 8.34. The molecule has 3 nitrogen and oxygen atoms in total. The van der Waals surface area contributed by atoms with Crippen LogP contribution in [-0.4, -0.2) is 14.7 Å². The van der Waals surface area contributed by atoms with Crippen LogP contribution in [0.4, 0.5) is 5.69 Å². The SMILES string of the molecule is O=C(/C=C(/Nc1ccccc1O)c1ccc(Br)cc1)C(Cl)(Cl)Cl. The predicted octanol–water partition coefficient (Wildman–Crippen LogP) is 5.55. The van der Waals surface area contributed by atoms with Crippen LogP contribution < -0.4 is 5.32 Å². The molecule has 0 spiro atoms. The summed E-state index contributed by atoms with van der Waals surface area (Å²) < 4.78 is -1.17. The van der Waals surface area contributed by atoms with E-state index >= 15 is 0 Å². The number of hydrogen-bond donors (Lipinski definition) is 2. The molecule has 0 fully saturated rings. The molecule has 0 unspecified atom stereocenters. The highest BCUT2D eigenvalue weighted by molar-refractivity contribution is 9.10. The highest BCUT2D eigenvalue weighted by Gasteiger charge is 2.29. The van der Waals surface area contributed by atoms with Gasteiger partial charge in [0.1, 0.15) is 5.75 Å². The molecule has 0 bridgehead atoms. The molecule has 2 aromatic rings. The van der Waals surface area contributed by atoms with Crippen molar-refractivity contribution >= 4 is 67.9 Å². The Balaban J connectivity index is 2.43. The third-order valence-electron chi connectivity index (χ3n) is 2.88. The maximum absolute atomic E-state index is 12.0. The molecule has 0 aliphatic heterocycles. The summed E-state index contributed by atoms with van der Waals surface area (Å²) in [6.07, 6.45) is 1.20. The molecule has 0 heterocycles. The number of carbonyl (C=O) groups is 1. The Bertz CT molecular complexity index is 740. The van der Waals surface area contributed by atoms with Gasteiger partial charge in [0.2, 0.25) is 5.78 Å². The molecular weight excluding hydrogens is 424 g/mol. The topological polar surface area (TPSA) is 49.3 Å². The number of ketones is 1. The maximum atomic E-state index is 12.0. The van der Waals surface area contributed by atoms with Crippen LogP contribution in [0, 0.1) is 0 Å². The van der Waals surface area contributed by atoms with Gasteiger partial charge in [-0.3, -0.25) is 4.79 Å². The van der Waals surface area contributed by atoms with Crippen molar-refractivity contribution in [2.45, 2.75) is 3.79 Å². The molecular formula is C16H11BrCl3NO2. The Morgan fingerprint density at radius 2 is 1.70 bits per heavy atom. The Hall–Kier alpha value is -1.20. The molecule has 2 rings (SSSR count). The number of anilines is 1. The van der Waals surface area contributed by atoms with Gasteiger partial charge in [0, 0.05) is 16.2 Å². The molecule has 0 aliphatic rings. The first-order chi connectivity index (χ1) is 10.8. The van der Waals surface area contributed by atoms with E-state index in [-0.39, 0.29) is 5.75 Å². The molecule has 23 heavy (non-hydrogen) atoms. The number of carbonyl (C=O) groups excluding carboxylic acids is 1. The summed E-state index contributed by atoms with van der Waals surface area (Å²) in [6, 6.07) is 13.8. The molecule has 2 N–H and O–H groups in total. The van der Waals surface area contributed by atoms with Gasteiger partial charge in [-0.25, -0.2) is 0 Å². The van der Waals surface area contributed by atoms with E-state index in [9.17, 15) is 9.90 Å². The first kappa shape index (κ1) is 18.1. The summed E-state index contributed by atoms with van der Waals surface area (Å²) in [4.78, 5) is 12.0. The van der Waals surface area contributed by atoms with Crippen molar-refractivity contribution in [3.8, 4) is 5.75 Å². The summed E-state index contributed by atoms with van der Waals surface area (Å²) in [6.45, 7) is 0. The number of phenolic OH excluding ortho intramolecular Hbond substituents is 1. The van der Waals surface area contributed by atoms with Gasteiger partial charge in [-0.1, -0.05) is 75.0 Å². The van der Waals surface area contributed by atoms with Crippen LogP contribution in [0.1, 0.15) is 5.56 Å². The highest BCUT2D eigenvalue weighted by Crippen LogP contribution is 2.31. The number of rotatable bonds is 4. The van der Waals surface area contributed by atoms with Crippen LogP contribution in [0.25, 0.3) is 5.70 Å². The van der Waals surface area contributed by atoms with Crippen molar-refractivity contribution < 1.29 is 9.90 Å². The number of halogens is 4. The lowest BCUT2D eigenvalue weighted by Gasteiger charge is -2.14. The van der Waals surface area contributed by atoms with E-state index in [1.165, 1.54) is 12.1 Å². The normalized spacial score (nSPS) is 12.1. The van der Waals surface area contributed by atoms with E-state index in [0.29, 0.717) is 16.9 Å². The van der Waals surface area contributed by atoms with Gasteiger partial charge < -0.3 is 10.4 Å². The number of para-hydroxylation sites is 2. The van der Waals surface area contributed by atoms with E-state index < -0.39 is 9.58 Å². The fourth-order valence-corrected chi connectivity index (χ4v) is 2.19. The van der Waals surface area contributed by atoms with Crippen LogP contribution in [0.3, 0.4) is 0 Å². The van der Waals surface area contributed by atoms with Crippen LogP contribution in [0.15, 0.2) is 59.1 Å². The lowest BCUT2D eigenvalue weighted by atomic mass is 10.1. The molecule has 0 saturated carbocycles. The van der Waals surface area contributed by atoms with Crippen molar-refractivity contribution in [1.82, 2.24) is 0 Å². The molecule has 2 aromatic carbocycles. The second kappa shape index (κ2) is 7.58. The fourth-order valence-electron chi connectivity index (χ4n) is 1.76. The molecule has 0 aromatic heterocycles. The monoisotopic (exact) mass is 433 g/mol. The summed E-state index contributed by atoms with van der Waals surface area (Å²) in [5.74, 6) is -0.653. The number of phenols is 1. The van der Waals surface area contributed by atoms with Gasteiger partial charge in [0.15, 0.2) is 0 Å². The fraction of sp³-hybridized carbons (Fsp3) is 0.0625. The molecule has 0 radical (unpaired) electrons. The average molecular weight is 436 g/mol. The lowest BCUT2D eigenvalue weighted by Crippen LogP contribution is -2.17. The minimum atomic E-state index is -2.05. The van der Waals surface area contributed by atoms with Crippen LogP contribution in [-0.2, 0) is 4.79 Å².